The molecule has 2 unspecified atom stereocenters. The Bertz CT molecular complexity index is 699. The zero-order chi connectivity index (χ0) is 18.3. The van der Waals surface area contributed by atoms with Crippen molar-refractivity contribution in [1.82, 2.24) is 10.2 Å². The Labute approximate surface area is 164 Å². The second kappa shape index (κ2) is 9.68. The molecule has 2 aromatic carbocycles. The third-order valence-electron chi connectivity index (χ3n) is 6.25. The van der Waals surface area contributed by atoms with E-state index in [0.29, 0.717) is 12.0 Å². The maximum absolute atomic E-state index is 5.96. The van der Waals surface area contributed by atoms with Crippen molar-refractivity contribution in [3.05, 3.63) is 48.0 Å². The molecule has 0 aliphatic carbocycles. The van der Waals surface area contributed by atoms with Gasteiger partial charge in [0.25, 0.3) is 0 Å². The molecular weight excluding hydrogens is 332 g/mol. The van der Waals surface area contributed by atoms with Gasteiger partial charge in [-0.25, -0.2) is 0 Å². The van der Waals surface area contributed by atoms with E-state index in [9.17, 15) is 0 Å². The first kappa shape index (κ1) is 18.9. The van der Waals surface area contributed by atoms with Crippen molar-refractivity contribution in [1.29, 1.82) is 0 Å². The van der Waals surface area contributed by atoms with Crippen molar-refractivity contribution >= 4 is 10.8 Å². The molecule has 2 aliphatic rings. The van der Waals surface area contributed by atoms with E-state index in [1.54, 1.807) is 0 Å². The van der Waals surface area contributed by atoms with Gasteiger partial charge in [0.2, 0.25) is 0 Å². The Morgan fingerprint density at radius 1 is 1.04 bits per heavy atom. The highest BCUT2D eigenvalue weighted by molar-refractivity contribution is 5.85. The zero-order valence-electron chi connectivity index (χ0n) is 16.5. The average Bonchev–Trinajstić information content (AvgIpc) is 3.39. The van der Waals surface area contributed by atoms with Gasteiger partial charge in [-0.05, 0) is 80.4 Å². The van der Waals surface area contributed by atoms with Crippen LogP contribution in [0, 0.1) is 5.92 Å². The van der Waals surface area contributed by atoms with Gasteiger partial charge in [-0.2, -0.15) is 0 Å². The molecule has 1 N–H and O–H groups in total. The van der Waals surface area contributed by atoms with E-state index in [-0.39, 0.29) is 0 Å². The van der Waals surface area contributed by atoms with Gasteiger partial charge in [-0.15, -0.1) is 0 Å². The molecule has 0 saturated carbocycles. The van der Waals surface area contributed by atoms with Gasteiger partial charge >= 0.3 is 0 Å². The van der Waals surface area contributed by atoms with Crippen LogP contribution in [-0.4, -0.2) is 50.3 Å². The number of likely N-dealkylation sites (tertiary alicyclic amines) is 1. The molecule has 0 spiro atoms. The van der Waals surface area contributed by atoms with E-state index in [4.69, 9.17) is 4.74 Å². The number of hydrogen-bond acceptors (Lipinski definition) is 3. The topological polar surface area (TPSA) is 24.5 Å². The summed E-state index contributed by atoms with van der Waals surface area (Å²) >= 11 is 0. The fraction of sp³-hybridized carbons (Fsp3) is 0.583. The van der Waals surface area contributed by atoms with E-state index in [1.807, 2.05) is 0 Å². The lowest BCUT2D eigenvalue weighted by atomic mass is 9.90. The van der Waals surface area contributed by atoms with Crippen molar-refractivity contribution in [2.45, 2.75) is 44.6 Å². The van der Waals surface area contributed by atoms with Crippen LogP contribution in [0.15, 0.2) is 42.5 Å². The van der Waals surface area contributed by atoms with Crippen LogP contribution in [0.5, 0.6) is 0 Å². The van der Waals surface area contributed by atoms with Crippen molar-refractivity contribution in [2.24, 2.45) is 5.92 Å². The summed E-state index contributed by atoms with van der Waals surface area (Å²) in [5.74, 6) is 0.637. The third kappa shape index (κ3) is 5.31. The van der Waals surface area contributed by atoms with E-state index in [2.05, 4.69) is 52.7 Å². The van der Waals surface area contributed by atoms with E-state index in [1.165, 1.54) is 68.1 Å². The van der Waals surface area contributed by atoms with Crippen LogP contribution >= 0.6 is 0 Å². The van der Waals surface area contributed by atoms with E-state index < -0.39 is 0 Å². The van der Waals surface area contributed by atoms with Crippen LogP contribution in [0.1, 0.15) is 37.7 Å². The Balaban J connectivity index is 1.37. The first-order chi connectivity index (χ1) is 13.4. The summed E-state index contributed by atoms with van der Waals surface area (Å²) in [6.45, 7) is 6.93. The van der Waals surface area contributed by atoms with Gasteiger partial charge in [0.05, 0.1) is 6.10 Å². The molecule has 2 fully saturated rings. The quantitative estimate of drug-likeness (QED) is 0.671. The molecule has 3 heteroatoms. The lowest BCUT2D eigenvalue weighted by molar-refractivity contribution is 0.0892. The number of ether oxygens (including phenoxy) is 1. The molecule has 27 heavy (non-hydrogen) atoms. The molecule has 3 nitrogen and oxygen atoms in total. The molecule has 2 heterocycles. The number of nitrogens with zero attached hydrogens (tertiary/aromatic N) is 1. The zero-order valence-corrected chi connectivity index (χ0v) is 16.5. The second-order valence-corrected chi connectivity index (χ2v) is 8.33. The molecule has 146 valence electrons. The van der Waals surface area contributed by atoms with Gasteiger partial charge in [-0.3, -0.25) is 0 Å². The fourth-order valence-electron chi connectivity index (χ4n) is 4.77. The summed E-state index contributed by atoms with van der Waals surface area (Å²) in [6, 6.07) is 15.5. The van der Waals surface area contributed by atoms with E-state index in [0.717, 1.165) is 26.1 Å². The van der Waals surface area contributed by atoms with Crippen molar-refractivity contribution in [2.75, 3.05) is 39.3 Å². The van der Waals surface area contributed by atoms with Gasteiger partial charge < -0.3 is 15.0 Å². The molecule has 0 aromatic heterocycles. The fourth-order valence-corrected chi connectivity index (χ4v) is 4.77. The molecular formula is C24H34N2O. The van der Waals surface area contributed by atoms with Gasteiger partial charge in [0.15, 0.2) is 0 Å². The third-order valence-corrected chi connectivity index (χ3v) is 6.25. The minimum Gasteiger partial charge on any atom is -0.378 e. The number of fused-ring (bicyclic) bond motifs is 1. The predicted octanol–water partition coefficient (Wildman–Crippen LogP) is 4.25. The standard InChI is InChI=1S/C24H34N2O/c1-2-11-24-21(7-1)8-5-9-22(24)17-20(18-23-10-6-16-27-23)19-25-12-15-26-13-3-4-14-26/h1-2,5,7-9,11,20,23,25H,3-4,6,10,12-19H2. The smallest absolute Gasteiger partial charge is 0.0579 e. The van der Waals surface area contributed by atoms with Crippen molar-refractivity contribution in [3.63, 3.8) is 0 Å². The molecule has 4 rings (SSSR count). The molecule has 0 bridgehead atoms. The maximum atomic E-state index is 5.96. The SMILES string of the molecule is c1ccc2c(CC(CNCCN3CCCC3)CC3CCCO3)cccc2c1. The lowest BCUT2D eigenvalue weighted by Gasteiger charge is -2.23. The normalized spacial score (nSPS) is 21.9. The predicted molar refractivity (Wildman–Crippen MR) is 113 cm³/mol. The van der Waals surface area contributed by atoms with Crippen molar-refractivity contribution in [3.8, 4) is 0 Å². The summed E-state index contributed by atoms with van der Waals surface area (Å²) in [4.78, 5) is 2.59. The molecule has 2 saturated heterocycles. The summed E-state index contributed by atoms with van der Waals surface area (Å²) in [5, 5.41) is 6.52. The first-order valence-electron chi connectivity index (χ1n) is 10.9. The number of rotatable bonds is 9. The van der Waals surface area contributed by atoms with Crippen molar-refractivity contribution < 1.29 is 4.74 Å². The van der Waals surface area contributed by atoms with Crippen LogP contribution in [0.4, 0.5) is 0 Å². The van der Waals surface area contributed by atoms with Gasteiger partial charge in [0, 0.05) is 19.7 Å². The molecule has 0 amide bonds. The van der Waals surface area contributed by atoms with Gasteiger partial charge in [0.1, 0.15) is 0 Å². The van der Waals surface area contributed by atoms with Crippen LogP contribution < -0.4 is 5.32 Å². The molecule has 2 aliphatic heterocycles. The van der Waals surface area contributed by atoms with E-state index >= 15 is 0 Å². The van der Waals surface area contributed by atoms with Gasteiger partial charge in [-0.1, -0.05) is 42.5 Å². The molecule has 2 aromatic rings. The summed E-state index contributed by atoms with van der Waals surface area (Å²) in [5.41, 5.74) is 1.48. The number of benzene rings is 2. The Kier molecular flexibility index (Phi) is 6.78. The first-order valence-corrected chi connectivity index (χ1v) is 10.9. The second-order valence-electron chi connectivity index (χ2n) is 8.33. The van der Waals surface area contributed by atoms with Crippen LogP contribution in [0.3, 0.4) is 0 Å². The largest absolute Gasteiger partial charge is 0.378 e. The average molecular weight is 367 g/mol. The van der Waals surface area contributed by atoms with Crippen LogP contribution in [0.25, 0.3) is 10.8 Å². The van der Waals surface area contributed by atoms with Crippen LogP contribution in [-0.2, 0) is 11.2 Å². The minimum absolute atomic E-state index is 0.463. The Morgan fingerprint density at radius 3 is 2.74 bits per heavy atom. The van der Waals surface area contributed by atoms with Crippen LogP contribution in [0.2, 0.25) is 0 Å². The number of hydrogen-bond donors (Lipinski definition) is 1. The highest BCUT2D eigenvalue weighted by Crippen LogP contribution is 2.26. The highest BCUT2D eigenvalue weighted by Gasteiger charge is 2.21. The Hall–Kier alpha value is -1.42. The molecule has 0 radical (unpaired) electrons. The monoisotopic (exact) mass is 366 g/mol. The number of nitrogens with one attached hydrogen (secondary N) is 1. The maximum Gasteiger partial charge on any atom is 0.0579 e. The Morgan fingerprint density at radius 2 is 1.89 bits per heavy atom. The summed E-state index contributed by atoms with van der Waals surface area (Å²) in [6.07, 6.45) is 8.00. The summed E-state index contributed by atoms with van der Waals surface area (Å²) in [7, 11) is 0. The molecule has 2 atom stereocenters. The lowest BCUT2D eigenvalue weighted by Crippen LogP contribution is -2.34. The minimum atomic E-state index is 0.463. The summed E-state index contributed by atoms with van der Waals surface area (Å²) < 4.78 is 5.96. The highest BCUT2D eigenvalue weighted by atomic mass is 16.5.